The summed E-state index contributed by atoms with van der Waals surface area (Å²) >= 11 is 0. The molecule has 1 fully saturated rings. The van der Waals surface area contributed by atoms with E-state index in [1.165, 1.54) is 0 Å². The number of imidazole rings is 1. The summed E-state index contributed by atoms with van der Waals surface area (Å²) in [4.78, 5) is 22.1. The second kappa shape index (κ2) is 6.34. The van der Waals surface area contributed by atoms with E-state index in [1.807, 2.05) is 35.7 Å². The van der Waals surface area contributed by atoms with Crippen molar-refractivity contribution in [2.75, 3.05) is 13.1 Å². The third-order valence-corrected chi connectivity index (χ3v) is 4.35. The highest BCUT2D eigenvalue weighted by atomic mass is 16.2. The Labute approximate surface area is 130 Å². The van der Waals surface area contributed by atoms with Crippen LogP contribution in [0.25, 0.3) is 0 Å². The molecule has 0 spiro atoms. The molecule has 1 amide bonds. The molecule has 1 aliphatic rings. The van der Waals surface area contributed by atoms with Crippen molar-refractivity contribution >= 4 is 5.91 Å². The van der Waals surface area contributed by atoms with Gasteiger partial charge in [-0.1, -0.05) is 0 Å². The number of rotatable bonds is 4. The molecule has 2 aromatic rings. The second-order valence-electron chi connectivity index (χ2n) is 6.08. The summed E-state index contributed by atoms with van der Waals surface area (Å²) in [5.74, 6) is 1.55. The van der Waals surface area contributed by atoms with Gasteiger partial charge < -0.3 is 9.88 Å². The van der Waals surface area contributed by atoms with Gasteiger partial charge in [-0.2, -0.15) is 5.10 Å². The fourth-order valence-corrected chi connectivity index (χ4v) is 3.06. The van der Waals surface area contributed by atoms with Gasteiger partial charge in [-0.3, -0.25) is 9.48 Å². The van der Waals surface area contributed by atoms with Crippen molar-refractivity contribution in [2.24, 2.45) is 0 Å². The zero-order valence-electron chi connectivity index (χ0n) is 13.2. The quantitative estimate of drug-likeness (QED) is 0.939. The first kappa shape index (κ1) is 14.8. The monoisotopic (exact) mass is 301 g/mol. The summed E-state index contributed by atoms with van der Waals surface area (Å²) in [5.41, 5.74) is 2.17. The average molecular weight is 301 g/mol. The Balaban J connectivity index is 1.57. The van der Waals surface area contributed by atoms with E-state index in [4.69, 9.17) is 0 Å². The first-order valence-electron chi connectivity index (χ1n) is 7.91. The fourth-order valence-electron chi connectivity index (χ4n) is 3.06. The number of nitrogens with one attached hydrogen (secondary N) is 1. The van der Waals surface area contributed by atoms with E-state index in [1.54, 1.807) is 6.20 Å². The minimum Gasteiger partial charge on any atom is -0.346 e. The summed E-state index contributed by atoms with van der Waals surface area (Å²) in [6.07, 6.45) is 6.27. The molecule has 3 heterocycles. The lowest BCUT2D eigenvalue weighted by atomic mass is 9.97. The van der Waals surface area contributed by atoms with Gasteiger partial charge in [-0.25, -0.2) is 4.98 Å². The number of hydrogen-bond donors (Lipinski definition) is 1. The van der Waals surface area contributed by atoms with Gasteiger partial charge in [-0.15, -0.1) is 0 Å². The van der Waals surface area contributed by atoms with Crippen LogP contribution in [0.3, 0.4) is 0 Å². The molecule has 0 saturated carbocycles. The van der Waals surface area contributed by atoms with Crippen LogP contribution in [0.4, 0.5) is 0 Å². The number of amides is 1. The molecular formula is C16H23N5O. The zero-order valence-corrected chi connectivity index (χ0v) is 13.2. The number of hydrogen-bond acceptors (Lipinski definition) is 3. The summed E-state index contributed by atoms with van der Waals surface area (Å²) in [7, 11) is 0. The Hall–Kier alpha value is -2.11. The highest BCUT2D eigenvalue weighted by Gasteiger charge is 2.26. The van der Waals surface area contributed by atoms with Crippen molar-refractivity contribution in [1.29, 1.82) is 0 Å². The number of carbonyl (C=O) groups is 1. The van der Waals surface area contributed by atoms with Crippen LogP contribution >= 0.6 is 0 Å². The lowest BCUT2D eigenvalue weighted by molar-refractivity contribution is -0.132. The number of carbonyl (C=O) groups excluding carboxylic acids is 1. The number of piperidine rings is 1. The van der Waals surface area contributed by atoms with Crippen molar-refractivity contribution < 1.29 is 4.79 Å². The predicted molar refractivity (Wildman–Crippen MR) is 83.5 cm³/mol. The maximum absolute atomic E-state index is 12.4. The van der Waals surface area contributed by atoms with Crippen molar-refractivity contribution in [1.82, 2.24) is 24.6 Å². The molecule has 1 saturated heterocycles. The SMILES string of the molecule is Cc1cnc([C@@H]2CCCN(C(=O)CCn3nccc3C)C2)[nH]1. The van der Waals surface area contributed by atoms with Crippen LogP contribution in [0.5, 0.6) is 0 Å². The summed E-state index contributed by atoms with van der Waals surface area (Å²) in [6.45, 7) is 6.29. The van der Waals surface area contributed by atoms with Crippen molar-refractivity contribution in [2.45, 2.75) is 45.6 Å². The molecule has 0 aromatic carbocycles. The van der Waals surface area contributed by atoms with Crippen LogP contribution in [0.1, 0.15) is 42.4 Å². The van der Waals surface area contributed by atoms with E-state index in [9.17, 15) is 4.79 Å². The number of aryl methyl sites for hydroxylation is 3. The fraction of sp³-hybridized carbons (Fsp3) is 0.562. The topological polar surface area (TPSA) is 66.8 Å². The van der Waals surface area contributed by atoms with E-state index >= 15 is 0 Å². The normalized spacial score (nSPS) is 18.6. The van der Waals surface area contributed by atoms with Gasteiger partial charge in [0.25, 0.3) is 0 Å². The van der Waals surface area contributed by atoms with E-state index in [-0.39, 0.29) is 5.91 Å². The van der Waals surface area contributed by atoms with Gasteiger partial charge in [0.1, 0.15) is 5.82 Å². The lowest BCUT2D eigenvalue weighted by Gasteiger charge is -2.32. The molecule has 0 bridgehead atoms. The second-order valence-corrected chi connectivity index (χ2v) is 6.08. The molecule has 0 aliphatic carbocycles. The van der Waals surface area contributed by atoms with Gasteiger partial charge in [0, 0.05) is 55.8 Å². The first-order valence-corrected chi connectivity index (χ1v) is 7.91. The number of nitrogens with zero attached hydrogens (tertiary/aromatic N) is 4. The molecule has 3 rings (SSSR count). The van der Waals surface area contributed by atoms with E-state index < -0.39 is 0 Å². The van der Waals surface area contributed by atoms with E-state index in [2.05, 4.69) is 15.1 Å². The lowest BCUT2D eigenvalue weighted by Crippen LogP contribution is -2.39. The molecule has 0 unspecified atom stereocenters. The van der Waals surface area contributed by atoms with Crippen LogP contribution in [0.15, 0.2) is 18.5 Å². The minimum absolute atomic E-state index is 0.211. The van der Waals surface area contributed by atoms with Crippen LogP contribution in [-0.2, 0) is 11.3 Å². The predicted octanol–water partition coefficient (Wildman–Crippen LogP) is 2.02. The summed E-state index contributed by atoms with van der Waals surface area (Å²) < 4.78 is 1.88. The molecule has 1 atom stereocenters. The first-order chi connectivity index (χ1) is 10.6. The van der Waals surface area contributed by atoms with Crippen molar-refractivity contribution in [3.8, 4) is 0 Å². The minimum atomic E-state index is 0.211. The largest absolute Gasteiger partial charge is 0.346 e. The Bertz CT molecular complexity index is 645. The zero-order chi connectivity index (χ0) is 15.5. The van der Waals surface area contributed by atoms with Crippen molar-refractivity contribution in [3.05, 3.63) is 35.7 Å². The number of likely N-dealkylation sites (tertiary alicyclic amines) is 1. The Morgan fingerprint density at radius 3 is 3.00 bits per heavy atom. The summed E-state index contributed by atoms with van der Waals surface area (Å²) in [6, 6.07) is 1.96. The molecular weight excluding hydrogens is 278 g/mol. The highest BCUT2D eigenvalue weighted by Crippen LogP contribution is 2.25. The number of aromatic nitrogens is 4. The smallest absolute Gasteiger partial charge is 0.224 e. The van der Waals surface area contributed by atoms with Crippen LogP contribution < -0.4 is 0 Å². The Morgan fingerprint density at radius 2 is 2.32 bits per heavy atom. The maximum atomic E-state index is 12.4. The van der Waals surface area contributed by atoms with Crippen molar-refractivity contribution in [3.63, 3.8) is 0 Å². The molecule has 0 radical (unpaired) electrons. The summed E-state index contributed by atoms with van der Waals surface area (Å²) in [5, 5.41) is 4.23. The molecule has 6 nitrogen and oxygen atoms in total. The molecule has 22 heavy (non-hydrogen) atoms. The number of aromatic amines is 1. The third kappa shape index (κ3) is 3.21. The molecule has 2 aromatic heterocycles. The number of H-pyrrole nitrogens is 1. The molecule has 1 N–H and O–H groups in total. The molecule has 6 heteroatoms. The van der Waals surface area contributed by atoms with Crippen LogP contribution in [0.2, 0.25) is 0 Å². The van der Waals surface area contributed by atoms with Gasteiger partial charge in [0.2, 0.25) is 5.91 Å². The van der Waals surface area contributed by atoms with Crippen LogP contribution in [0, 0.1) is 13.8 Å². The van der Waals surface area contributed by atoms with E-state index in [0.717, 1.165) is 43.1 Å². The van der Waals surface area contributed by atoms with E-state index in [0.29, 0.717) is 18.9 Å². The van der Waals surface area contributed by atoms with Gasteiger partial charge >= 0.3 is 0 Å². The Kier molecular flexibility index (Phi) is 4.27. The molecule has 1 aliphatic heterocycles. The highest BCUT2D eigenvalue weighted by molar-refractivity contribution is 5.76. The molecule has 118 valence electrons. The van der Waals surface area contributed by atoms with Gasteiger partial charge in [-0.05, 0) is 32.8 Å². The van der Waals surface area contributed by atoms with Gasteiger partial charge in [0.05, 0.1) is 0 Å². The average Bonchev–Trinajstić information content (AvgIpc) is 3.13. The standard InChI is InChI=1S/C16H23N5O/c1-12-10-17-16(19-12)14-4-3-8-20(11-14)15(22)6-9-21-13(2)5-7-18-21/h5,7,10,14H,3-4,6,8-9,11H2,1-2H3,(H,17,19)/t14-/m1/s1. The maximum Gasteiger partial charge on any atom is 0.224 e. The van der Waals surface area contributed by atoms with Crippen LogP contribution in [-0.4, -0.2) is 43.6 Å². The van der Waals surface area contributed by atoms with Gasteiger partial charge in [0.15, 0.2) is 0 Å². The Morgan fingerprint density at radius 1 is 1.45 bits per heavy atom. The third-order valence-electron chi connectivity index (χ3n) is 4.35.